The Morgan fingerprint density at radius 1 is 1.11 bits per heavy atom. The Hall–Kier alpha value is -3.82. The number of hydrogen-bond donors (Lipinski definition) is 2. The monoisotopic (exact) mass is 500 g/mol. The van der Waals surface area contributed by atoms with Crippen LogP contribution in [0.3, 0.4) is 0 Å². The normalized spacial score (nSPS) is 13.1. The van der Waals surface area contributed by atoms with Crippen molar-refractivity contribution in [2.75, 3.05) is 16.2 Å². The van der Waals surface area contributed by atoms with Crippen molar-refractivity contribution in [3.63, 3.8) is 0 Å². The maximum absolute atomic E-state index is 12.8. The number of anilines is 2. The van der Waals surface area contributed by atoms with Crippen molar-refractivity contribution in [2.24, 2.45) is 0 Å². The maximum Gasteiger partial charge on any atom is 0.417 e. The summed E-state index contributed by atoms with van der Waals surface area (Å²) in [5.74, 6) is -0.702. The highest BCUT2D eigenvalue weighted by molar-refractivity contribution is 8.00. The van der Waals surface area contributed by atoms with E-state index in [0.29, 0.717) is 27.5 Å². The third kappa shape index (κ3) is 4.48. The summed E-state index contributed by atoms with van der Waals surface area (Å²) < 4.78 is 7.44. The molecular formula is C26H20N4O3S2. The smallest absolute Gasteiger partial charge is 0.408 e. The van der Waals surface area contributed by atoms with E-state index in [1.54, 1.807) is 24.1 Å². The molecule has 35 heavy (non-hydrogen) atoms. The molecule has 3 aromatic carbocycles. The quantitative estimate of drug-likeness (QED) is 0.290. The summed E-state index contributed by atoms with van der Waals surface area (Å²) in [6, 6.07) is 21.5. The van der Waals surface area contributed by atoms with Gasteiger partial charge in [-0.15, -0.1) is 11.3 Å². The van der Waals surface area contributed by atoms with Gasteiger partial charge < -0.3 is 8.72 Å². The average molecular weight is 501 g/mol. The third-order valence-electron chi connectivity index (χ3n) is 5.84. The summed E-state index contributed by atoms with van der Waals surface area (Å²) in [7, 11) is 0. The Morgan fingerprint density at radius 2 is 1.97 bits per heavy atom. The molecule has 174 valence electrons. The first kappa shape index (κ1) is 21.7. The molecule has 0 bridgehead atoms. The summed E-state index contributed by atoms with van der Waals surface area (Å²) in [5.41, 5.74) is 5.82. The molecule has 0 atom stereocenters. The van der Waals surface area contributed by atoms with Crippen molar-refractivity contribution < 1.29 is 9.21 Å². The molecule has 1 amide bonds. The molecule has 2 aromatic heterocycles. The number of carbonyl (C=O) groups excluding carboxylic acids is 1. The minimum atomic E-state index is -0.492. The van der Waals surface area contributed by atoms with Crippen LogP contribution in [-0.4, -0.2) is 22.4 Å². The van der Waals surface area contributed by atoms with Gasteiger partial charge in [-0.1, -0.05) is 24.3 Å². The first-order chi connectivity index (χ1) is 17.1. The number of carbonyl (C=O) groups is 1. The first-order valence-corrected chi connectivity index (χ1v) is 12.8. The van der Waals surface area contributed by atoms with Crippen LogP contribution >= 0.6 is 23.3 Å². The zero-order chi connectivity index (χ0) is 23.8. The van der Waals surface area contributed by atoms with Gasteiger partial charge in [0.25, 0.3) is 5.91 Å². The van der Waals surface area contributed by atoms with Crippen LogP contribution < -0.4 is 15.4 Å². The lowest BCUT2D eigenvalue weighted by atomic mass is 10.0. The second-order valence-electron chi connectivity index (χ2n) is 8.17. The van der Waals surface area contributed by atoms with Gasteiger partial charge >= 0.3 is 5.76 Å². The number of aromatic amines is 1. The van der Waals surface area contributed by atoms with Crippen molar-refractivity contribution >= 4 is 51.1 Å². The van der Waals surface area contributed by atoms with Crippen LogP contribution in [0.4, 0.5) is 10.8 Å². The Balaban J connectivity index is 1.13. The highest BCUT2D eigenvalue weighted by Crippen LogP contribution is 2.35. The molecule has 0 aliphatic carbocycles. The number of H-pyrrole nitrogens is 1. The molecule has 6 rings (SSSR count). The molecule has 0 fully saturated rings. The van der Waals surface area contributed by atoms with Gasteiger partial charge in [0, 0.05) is 27.9 Å². The Labute approximate surface area is 209 Å². The Morgan fingerprint density at radius 3 is 2.86 bits per heavy atom. The second kappa shape index (κ2) is 9.09. The highest BCUT2D eigenvalue weighted by atomic mass is 32.2. The van der Waals surface area contributed by atoms with Crippen LogP contribution in [-0.2, 0) is 6.42 Å². The van der Waals surface area contributed by atoms with Crippen LogP contribution in [0, 0.1) is 0 Å². The highest BCUT2D eigenvalue weighted by Gasteiger charge is 2.18. The zero-order valence-electron chi connectivity index (χ0n) is 18.5. The molecule has 0 spiro atoms. The zero-order valence-corrected chi connectivity index (χ0v) is 20.1. The van der Waals surface area contributed by atoms with Gasteiger partial charge in [0.15, 0.2) is 10.7 Å². The number of thiazole rings is 1. The van der Waals surface area contributed by atoms with Crippen molar-refractivity contribution in [3.05, 3.63) is 93.8 Å². The van der Waals surface area contributed by atoms with E-state index in [4.69, 9.17) is 4.42 Å². The van der Waals surface area contributed by atoms with Crippen LogP contribution in [0.1, 0.15) is 22.3 Å². The summed E-state index contributed by atoms with van der Waals surface area (Å²) in [5, 5.41) is 5.24. The minimum Gasteiger partial charge on any atom is -0.408 e. The summed E-state index contributed by atoms with van der Waals surface area (Å²) in [4.78, 5) is 32.4. The van der Waals surface area contributed by atoms with Gasteiger partial charge in [0.05, 0.1) is 16.9 Å². The summed E-state index contributed by atoms with van der Waals surface area (Å²) in [6.07, 6.45) is 2.25. The van der Waals surface area contributed by atoms with Gasteiger partial charge in [0.2, 0.25) is 0 Å². The largest absolute Gasteiger partial charge is 0.417 e. The molecule has 1 aliphatic rings. The summed E-state index contributed by atoms with van der Waals surface area (Å²) >= 11 is 3.04. The van der Waals surface area contributed by atoms with Crippen LogP contribution in [0.25, 0.3) is 22.4 Å². The number of rotatable bonds is 5. The molecule has 0 unspecified atom stereocenters. The van der Waals surface area contributed by atoms with Gasteiger partial charge in [-0.3, -0.25) is 15.1 Å². The second-order valence-corrected chi connectivity index (χ2v) is 10.1. The van der Waals surface area contributed by atoms with Crippen molar-refractivity contribution in [1.29, 1.82) is 0 Å². The van der Waals surface area contributed by atoms with E-state index in [9.17, 15) is 9.59 Å². The van der Waals surface area contributed by atoms with Crippen LogP contribution in [0.15, 0.2) is 86.2 Å². The van der Waals surface area contributed by atoms with E-state index in [0.717, 1.165) is 29.8 Å². The predicted octanol–water partition coefficient (Wildman–Crippen LogP) is 5.96. The number of aryl methyl sites for hydroxylation is 1. The number of fused-ring (bicyclic) bond motifs is 2. The lowest BCUT2D eigenvalue weighted by Gasteiger charge is -2.29. The number of oxazole rings is 1. The Kier molecular flexibility index (Phi) is 5.63. The number of benzene rings is 3. The lowest BCUT2D eigenvalue weighted by Crippen LogP contribution is -2.22. The SMILES string of the molecule is O=C(Nc1nc(-c2ccc3[nH]c(=O)oc3c2)cs1)c1ccc(SN2CCCc3ccccc32)cc1. The van der Waals surface area contributed by atoms with Crippen molar-refractivity contribution in [3.8, 4) is 11.3 Å². The molecule has 0 radical (unpaired) electrons. The molecule has 5 aromatic rings. The van der Waals surface area contributed by atoms with E-state index < -0.39 is 5.76 Å². The first-order valence-electron chi connectivity index (χ1n) is 11.2. The van der Waals surface area contributed by atoms with Gasteiger partial charge in [0.1, 0.15) is 0 Å². The lowest BCUT2D eigenvalue weighted by molar-refractivity contribution is 0.102. The van der Waals surface area contributed by atoms with Crippen LogP contribution in [0.2, 0.25) is 0 Å². The van der Waals surface area contributed by atoms with E-state index in [1.807, 2.05) is 35.7 Å². The van der Waals surface area contributed by atoms with E-state index in [2.05, 4.69) is 43.9 Å². The number of para-hydroxylation sites is 1. The molecule has 7 nitrogen and oxygen atoms in total. The predicted molar refractivity (Wildman–Crippen MR) is 140 cm³/mol. The third-order valence-corrected chi connectivity index (χ3v) is 7.68. The van der Waals surface area contributed by atoms with E-state index in [-0.39, 0.29) is 5.91 Å². The average Bonchev–Trinajstić information content (AvgIpc) is 3.49. The molecular weight excluding hydrogens is 480 g/mol. The standard InChI is InChI=1S/C26H20N4O3S2/c31-24(29-25-27-21(15-34-25)18-9-12-20-23(14-18)33-26(32)28-20)17-7-10-19(11-8-17)35-30-13-3-5-16-4-1-2-6-22(16)30/h1-2,4,6-12,14-15H,3,5,13H2,(H,28,32)(H,27,29,31). The van der Waals surface area contributed by atoms with E-state index >= 15 is 0 Å². The molecule has 0 saturated heterocycles. The molecule has 1 aliphatic heterocycles. The fourth-order valence-corrected chi connectivity index (χ4v) is 5.85. The van der Waals surface area contributed by atoms with Crippen molar-refractivity contribution in [1.82, 2.24) is 9.97 Å². The van der Waals surface area contributed by atoms with Crippen molar-refractivity contribution in [2.45, 2.75) is 17.7 Å². The number of hydrogen-bond acceptors (Lipinski definition) is 7. The molecule has 9 heteroatoms. The van der Waals surface area contributed by atoms with Gasteiger partial charge in [-0.05, 0) is 72.8 Å². The fraction of sp³-hybridized carbons (Fsp3) is 0.115. The Bertz CT molecular complexity index is 1590. The van der Waals surface area contributed by atoms with E-state index in [1.165, 1.54) is 22.6 Å². The van der Waals surface area contributed by atoms with Gasteiger partial charge in [-0.25, -0.2) is 9.78 Å². The number of nitrogens with zero attached hydrogens (tertiary/aromatic N) is 2. The number of aromatic nitrogens is 2. The van der Waals surface area contributed by atoms with Crippen LogP contribution in [0.5, 0.6) is 0 Å². The minimum absolute atomic E-state index is 0.210. The number of amides is 1. The fourth-order valence-electron chi connectivity index (χ4n) is 4.13. The topological polar surface area (TPSA) is 91.2 Å². The van der Waals surface area contributed by atoms with Gasteiger partial charge in [-0.2, -0.15) is 0 Å². The maximum atomic E-state index is 12.8. The molecule has 0 saturated carbocycles. The summed E-state index contributed by atoms with van der Waals surface area (Å²) in [6.45, 7) is 0.999. The molecule has 2 N–H and O–H groups in total. The molecule has 3 heterocycles. The number of nitrogens with one attached hydrogen (secondary N) is 2.